The third-order valence-electron chi connectivity index (χ3n) is 0. The molecule has 0 atom stereocenters. The predicted molar refractivity (Wildman–Crippen MR) is 40.5 cm³/mol. The fourth-order valence-corrected chi connectivity index (χ4v) is 0. The molecule has 58 valence electrons. The van der Waals surface area contributed by atoms with Crippen molar-refractivity contribution in [2.45, 2.75) is 13.8 Å². The standard InChI is InChI=1S/C2H4O2.C2H4O.H3N.H2S/c1-2(3)4;1-2-3;;/h1H3,(H,3,4);2H,1H3;1H3;1H2. The smallest absolute Gasteiger partial charge is 0.300 e. The highest BCUT2D eigenvalue weighted by Gasteiger charge is 1.65. The van der Waals surface area contributed by atoms with E-state index in [4.69, 9.17) is 14.7 Å². The Morgan fingerprint density at radius 3 is 1.56 bits per heavy atom. The number of carbonyl (C=O) groups excluding carboxylic acids is 1. The number of rotatable bonds is 0. The van der Waals surface area contributed by atoms with Gasteiger partial charge < -0.3 is 16.1 Å². The molecule has 0 aromatic carbocycles. The average Bonchev–Trinajstić information content (AvgIpc) is 1.33. The molecule has 0 aliphatic carbocycles. The Hall–Kier alpha value is -0.550. The molecule has 0 aliphatic rings. The molecule has 0 fully saturated rings. The van der Waals surface area contributed by atoms with Gasteiger partial charge in [0.25, 0.3) is 5.97 Å². The Balaban J connectivity index is -0.0000000233. The maximum atomic E-state index is 9.00. The predicted octanol–water partition coefficient (Wildman–Crippen LogP) is 0.571. The molecule has 0 bridgehead atoms. The number of aliphatic carboxylic acids is 1. The number of aldehydes is 1. The molecule has 0 aliphatic heterocycles. The maximum absolute atomic E-state index is 9.00. The zero-order valence-corrected chi connectivity index (χ0v) is 6.55. The minimum absolute atomic E-state index is 0. The van der Waals surface area contributed by atoms with Gasteiger partial charge in [-0.2, -0.15) is 13.5 Å². The van der Waals surface area contributed by atoms with Gasteiger partial charge >= 0.3 is 0 Å². The van der Waals surface area contributed by atoms with Crippen LogP contribution in [0.25, 0.3) is 0 Å². The van der Waals surface area contributed by atoms with Crippen LogP contribution in [-0.2, 0) is 9.59 Å². The fraction of sp³-hybridized carbons (Fsp3) is 0.500. The van der Waals surface area contributed by atoms with E-state index in [1.165, 1.54) is 6.92 Å². The molecule has 0 saturated carbocycles. The van der Waals surface area contributed by atoms with Gasteiger partial charge in [0.05, 0.1) is 0 Å². The van der Waals surface area contributed by atoms with Crippen LogP contribution in [-0.4, -0.2) is 17.4 Å². The van der Waals surface area contributed by atoms with Gasteiger partial charge in [-0.05, 0) is 6.92 Å². The maximum Gasteiger partial charge on any atom is 0.300 e. The molecule has 0 heterocycles. The first kappa shape index (κ1) is 23.7. The van der Waals surface area contributed by atoms with Crippen molar-refractivity contribution in [1.82, 2.24) is 6.15 Å². The molecule has 4 N–H and O–H groups in total. The van der Waals surface area contributed by atoms with E-state index in [1.54, 1.807) is 0 Å². The molecular formula is C4H13NO3S. The number of hydrogen-bond donors (Lipinski definition) is 2. The highest BCUT2D eigenvalue weighted by molar-refractivity contribution is 7.59. The molecule has 4 nitrogen and oxygen atoms in total. The van der Waals surface area contributed by atoms with Gasteiger partial charge in [0.1, 0.15) is 6.29 Å². The van der Waals surface area contributed by atoms with Gasteiger partial charge in [0.2, 0.25) is 0 Å². The quantitative estimate of drug-likeness (QED) is 0.500. The second-order valence-corrected chi connectivity index (χ2v) is 0.755. The number of carboxylic acids is 1. The molecule has 0 rings (SSSR count). The van der Waals surface area contributed by atoms with E-state index in [0.717, 1.165) is 13.2 Å². The molecular weight excluding hydrogens is 142 g/mol. The first-order valence-electron chi connectivity index (χ1n) is 1.74. The first-order chi connectivity index (χ1) is 3.15. The SMILES string of the molecule is CC(=O)O.CC=O.N.S. The molecule has 0 radical (unpaired) electrons. The van der Waals surface area contributed by atoms with Crippen molar-refractivity contribution in [1.29, 1.82) is 0 Å². The van der Waals surface area contributed by atoms with Gasteiger partial charge in [0.15, 0.2) is 0 Å². The van der Waals surface area contributed by atoms with E-state index in [0.29, 0.717) is 0 Å². The van der Waals surface area contributed by atoms with Crippen LogP contribution >= 0.6 is 13.5 Å². The van der Waals surface area contributed by atoms with Crippen LogP contribution in [0.15, 0.2) is 0 Å². The van der Waals surface area contributed by atoms with Crippen molar-refractivity contribution in [2.24, 2.45) is 0 Å². The van der Waals surface area contributed by atoms with Crippen LogP contribution in [0, 0.1) is 0 Å². The van der Waals surface area contributed by atoms with Crippen LogP contribution in [0.2, 0.25) is 0 Å². The molecule has 0 aromatic heterocycles. The minimum atomic E-state index is -0.833. The van der Waals surface area contributed by atoms with Crippen LogP contribution in [0.1, 0.15) is 13.8 Å². The van der Waals surface area contributed by atoms with Gasteiger partial charge in [-0.1, -0.05) is 0 Å². The van der Waals surface area contributed by atoms with Gasteiger partial charge in [-0.3, -0.25) is 4.79 Å². The number of carbonyl (C=O) groups is 2. The summed E-state index contributed by atoms with van der Waals surface area (Å²) in [7, 11) is 0. The fourth-order valence-electron chi connectivity index (χ4n) is 0. The number of hydrogen-bond acceptors (Lipinski definition) is 3. The lowest BCUT2D eigenvalue weighted by Crippen LogP contribution is -1.78. The number of carboxylic acid groups (broad SMARTS) is 1. The minimum Gasteiger partial charge on any atom is -0.481 e. The van der Waals surface area contributed by atoms with Crippen molar-refractivity contribution < 1.29 is 14.7 Å². The van der Waals surface area contributed by atoms with E-state index in [-0.39, 0.29) is 19.6 Å². The normalized spacial score (nSPS) is 4.22. The zero-order valence-electron chi connectivity index (χ0n) is 5.55. The Labute approximate surface area is 61.3 Å². The summed E-state index contributed by atoms with van der Waals surface area (Å²) in [5.74, 6) is -0.833. The first-order valence-corrected chi connectivity index (χ1v) is 1.74. The van der Waals surface area contributed by atoms with Gasteiger partial charge in [-0.15, -0.1) is 0 Å². The lowest BCUT2D eigenvalue weighted by atomic mass is 10.9. The summed E-state index contributed by atoms with van der Waals surface area (Å²) in [5, 5.41) is 7.42. The largest absolute Gasteiger partial charge is 0.481 e. The van der Waals surface area contributed by atoms with Crippen molar-refractivity contribution in [3.63, 3.8) is 0 Å². The average molecular weight is 155 g/mol. The highest BCUT2D eigenvalue weighted by atomic mass is 32.1. The Morgan fingerprint density at radius 1 is 1.56 bits per heavy atom. The third kappa shape index (κ3) is 732. The van der Waals surface area contributed by atoms with Crippen LogP contribution in [0.4, 0.5) is 0 Å². The van der Waals surface area contributed by atoms with E-state index in [2.05, 4.69) is 0 Å². The second kappa shape index (κ2) is 26.0. The zero-order chi connectivity index (χ0) is 6.28. The molecule has 0 saturated heterocycles. The molecule has 0 spiro atoms. The third-order valence-corrected chi connectivity index (χ3v) is 0. The Kier molecular flexibility index (Phi) is 68.5. The van der Waals surface area contributed by atoms with Crippen LogP contribution in [0.5, 0.6) is 0 Å². The summed E-state index contributed by atoms with van der Waals surface area (Å²) < 4.78 is 0. The second-order valence-electron chi connectivity index (χ2n) is 0.755. The van der Waals surface area contributed by atoms with E-state index < -0.39 is 5.97 Å². The molecule has 0 amide bonds. The summed E-state index contributed by atoms with van der Waals surface area (Å²) >= 11 is 0. The Bertz CT molecular complexity index is 62.8. The molecule has 0 aromatic rings. The highest BCUT2D eigenvalue weighted by Crippen LogP contribution is 1.42. The van der Waals surface area contributed by atoms with E-state index in [9.17, 15) is 0 Å². The van der Waals surface area contributed by atoms with Crippen molar-refractivity contribution in [3.05, 3.63) is 0 Å². The van der Waals surface area contributed by atoms with Crippen LogP contribution < -0.4 is 6.15 Å². The van der Waals surface area contributed by atoms with Crippen molar-refractivity contribution in [3.8, 4) is 0 Å². The van der Waals surface area contributed by atoms with Gasteiger partial charge in [0, 0.05) is 6.92 Å². The summed E-state index contributed by atoms with van der Waals surface area (Å²) in [6, 6.07) is 0. The monoisotopic (exact) mass is 155 g/mol. The van der Waals surface area contributed by atoms with Crippen molar-refractivity contribution in [2.75, 3.05) is 0 Å². The molecule has 9 heavy (non-hydrogen) atoms. The summed E-state index contributed by atoms with van der Waals surface area (Å²) in [5.41, 5.74) is 0. The van der Waals surface area contributed by atoms with E-state index >= 15 is 0 Å². The topological polar surface area (TPSA) is 89.4 Å². The molecule has 5 heteroatoms. The lowest BCUT2D eigenvalue weighted by Gasteiger charge is -1.59. The lowest BCUT2D eigenvalue weighted by molar-refractivity contribution is -0.134. The van der Waals surface area contributed by atoms with Crippen LogP contribution in [0.3, 0.4) is 0 Å². The Morgan fingerprint density at radius 2 is 1.56 bits per heavy atom. The van der Waals surface area contributed by atoms with Crippen molar-refractivity contribution >= 4 is 25.8 Å². The summed E-state index contributed by atoms with van der Waals surface area (Å²) in [6.45, 7) is 2.53. The summed E-state index contributed by atoms with van der Waals surface area (Å²) in [6.07, 6.45) is 0.750. The van der Waals surface area contributed by atoms with Gasteiger partial charge in [-0.25, -0.2) is 0 Å². The van der Waals surface area contributed by atoms with E-state index in [1.807, 2.05) is 0 Å². The molecule has 0 unspecified atom stereocenters. The summed E-state index contributed by atoms with van der Waals surface area (Å²) in [4.78, 5) is 17.8.